The smallest absolute Gasteiger partial charge is 0.251 e. The minimum absolute atomic E-state index is 0.000804. The number of hydrogen-bond acceptors (Lipinski definition) is 5. The Morgan fingerprint density at radius 2 is 2.40 bits per heavy atom. The van der Waals surface area contributed by atoms with Gasteiger partial charge < -0.3 is 8.98 Å². The van der Waals surface area contributed by atoms with Crippen molar-refractivity contribution in [2.24, 2.45) is 0 Å². The van der Waals surface area contributed by atoms with E-state index in [0.29, 0.717) is 11.5 Å². The van der Waals surface area contributed by atoms with Gasteiger partial charge in [-0.25, -0.2) is 0 Å². The van der Waals surface area contributed by atoms with E-state index >= 15 is 0 Å². The highest BCUT2D eigenvalue weighted by Crippen LogP contribution is 2.13. The number of rotatable bonds is 2. The lowest BCUT2D eigenvalue weighted by molar-refractivity contribution is 0.567. The highest BCUT2D eigenvalue weighted by Gasteiger charge is 2.05. The molecule has 0 radical (unpaired) electrons. The Balaban J connectivity index is 2.48. The van der Waals surface area contributed by atoms with Crippen molar-refractivity contribution < 1.29 is 4.42 Å². The summed E-state index contributed by atoms with van der Waals surface area (Å²) in [6.45, 7) is 0.000804. The molecule has 2 heterocycles. The average Bonchev–Trinajstić information content (AvgIpc) is 2.75. The third kappa shape index (κ3) is 1.76. The van der Waals surface area contributed by atoms with Crippen molar-refractivity contribution in [1.29, 1.82) is 5.26 Å². The van der Waals surface area contributed by atoms with E-state index in [2.05, 4.69) is 10.2 Å². The summed E-state index contributed by atoms with van der Waals surface area (Å²) >= 11 is 0. The van der Waals surface area contributed by atoms with Gasteiger partial charge >= 0.3 is 0 Å². The van der Waals surface area contributed by atoms with Crippen molar-refractivity contribution in [3.63, 3.8) is 0 Å². The van der Waals surface area contributed by atoms with Gasteiger partial charge in [0.25, 0.3) is 5.56 Å². The molecule has 0 saturated carbocycles. The predicted molar refractivity (Wildman–Crippen MR) is 49.6 cm³/mol. The Kier molecular flexibility index (Phi) is 2.29. The Morgan fingerprint density at radius 1 is 1.53 bits per heavy atom. The van der Waals surface area contributed by atoms with Crippen LogP contribution in [0.5, 0.6) is 0 Å². The lowest BCUT2D eigenvalue weighted by Crippen LogP contribution is -2.17. The Bertz CT molecular complexity index is 550. The first-order valence-corrected chi connectivity index (χ1v) is 4.15. The first-order chi connectivity index (χ1) is 7.31. The fourth-order valence-corrected chi connectivity index (χ4v) is 1.16. The van der Waals surface area contributed by atoms with Gasteiger partial charge in [-0.2, -0.15) is 5.26 Å². The SMILES string of the molecule is N#CCn1cc(-c2nnco2)ccc1=O. The van der Waals surface area contributed by atoms with E-state index < -0.39 is 0 Å². The maximum atomic E-state index is 11.3. The molecule has 0 N–H and O–H groups in total. The van der Waals surface area contributed by atoms with Crippen LogP contribution < -0.4 is 5.56 Å². The highest BCUT2D eigenvalue weighted by atomic mass is 16.4. The Morgan fingerprint density at radius 3 is 3.07 bits per heavy atom. The van der Waals surface area contributed by atoms with Gasteiger partial charge in [0.1, 0.15) is 6.54 Å². The number of nitriles is 1. The summed E-state index contributed by atoms with van der Waals surface area (Å²) < 4.78 is 6.25. The molecule has 6 nitrogen and oxygen atoms in total. The molecule has 0 fully saturated rings. The van der Waals surface area contributed by atoms with Crippen LogP contribution in [-0.2, 0) is 6.54 Å². The molecule has 0 atom stereocenters. The molecule has 2 rings (SSSR count). The fraction of sp³-hybridized carbons (Fsp3) is 0.111. The lowest BCUT2D eigenvalue weighted by atomic mass is 10.3. The largest absolute Gasteiger partial charge is 0.423 e. The zero-order valence-corrected chi connectivity index (χ0v) is 7.62. The molecule has 6 heteroatoms. The second-order valence-electron chi connectivity index (χ2n) is 2.79. The van der Waals surface area contributed by atoms with Crippen LogP contribution >= 0.6 is 0 Å². The molecule has 0 bridgehead atoms. The van der Waals surface area contributed by atoms with Crippen LogP contribution in [0.25, 0.3) is 11.5 Å². The maximum Gasteiger partial charge on any atom is 0.251 e. The minimum atomic E-state index is -0.236. The van der Waals surface area contributed by atoms with E-state index in [-0.39, 0.29) is 12.1 Å². The van der Waals surface area contributed by atoms with Gasteiger partial charge in [-0.05, 0) is 6.07 Å². The average molecular weight is 202 g/mol. The van der Waals surface area contributed by atoms with Gasteiger partial charge in [0.2, 0.25) is 12.3 Å². The number of hydrogen-bond donors (Lipinski definition) is 0. The zero-order chi connectivity index (χ0) is 10.7. The van der Waals surface area contributed by atoms with Gasteiger partial charge in [0, 0.05) is 12.3 Å². The van der Waals surface area contributed by atoms with Crippen molar-refractivity contribution in [3.05, 3.63) is 35.1 Å². The van der Waals surface area contributed by atoms with Gasteiger partial charge in [-0.1, -0.05) is 0 Å². The van der Waals surface area contributed by atoms with Crippen LogP contribution in [0.1, 0.15) is 0 Å². The van der Waals surface area contributed by atoms with Gasteiger partial charge in [-0.15, -0.1) is 10.2 Å². The molecule has 0 amide bonds. The summed E-state index contributed by atoms with van der Waals surface area (Å²) in [4.78, 5) is 11.3. The van der Waals surface area contributed by atoms with E-state index in [1.54, 1.807) is 6.07 Å². The molecule has 0 aliphatic rings. The molecule has 0 aromatic carbocycles. The second kappa shape index (κ2) is 3.75. The van der Waals surface area contributed by atoms with Crippen LogP contribution in [0, 0.1) is 11.3 Å². The third-order valence-corrected chi connectivity index (χ3v) is 1.83. The summed E-state index contributed by atoms with van der Waals surface area (Å²) in [5, 5.41) is 15.7. The van der Waals surface area contributed by atoms with Gasteiger partial charge in [-0.3, -0.25) is 4.79 Å². The zero-order valence-electron chi connectivity index (χ0n) is 7.62. The van der Waals surface area contributed by atoms with Crippen LogP contribution in [0.4, 0.5) is 0 Å². The van der Waals surface area contributed by atoms with Crippen LogP contribution in [0.15, 0.2) is 33.9 Å². The third-order valence-electron chi connectivity index (χ3n) is 1.83. The summed E-state index contributed by atoms with van der Waals surface area (Å²) in [5.41, 5.74) is 0.377. The molecular weight excluding hydrogens is 196 g/mol. The first-order valence-electron chi connectivity index (χ1n) is 4.15. The summed E-state index contributed by atoms with van der Waals surface area (Å²) in [7, 11) is 0. The molecule has 0 spiro atoms. The molecule has 0 aliphatic carbocycles. The van der Waals surface area contributed by atoms with Crippen molar-refractivity contribution in [3.8, 4) is 17.5 Å². The normalized spacial score (nSPS) is 9.80. The van der Waals surface area contributed by atoms with Crippen LogP contribution in [0.3, 0.4) is 0 Å². The summed E-state index contributed by atoms with van der Waals surface area (Å²) in [5.74, 6) is 0.321. The maximum absolute atomic E-state index is 11.3. The predicted octanol–water partition coefficient (Wildman–Crippen LogP) is 0.422. The van der Waals surface area contributed by atoms with Crippen molar-refractivity contribution in [2.75, 3.05) is 0 Å². The number of nitrogens with zero attached hydrogens (tertiary/aromatic N) is 4. The molecule has 0 unspecified atom stereocenters. The standard InChI is InChI=1S/C9H6N4O2/c10-3-4-13-5-7(1-2-8(13)14)9-12-11-6-15-9/h1-2,5-6H,4H2. The Hall–Kier alpha value is -2.42. The van der Waals surface area contributed by atoms with Gasteiger partial charge in [0.05, 0.1) is 11.6 Å². The minimum Gasteiger partial charge on any atom is -0.423 e. The highest BCUT2D eigenvalue weighted by molar-refractivity contribution is 5.50. The van der Waals surface area contributed by atoms with E-state index in [9.17, 15) is 4.79 Å². The van der Waals surface area contributed by atoms with Crippen molar-refractivity contribution in [1.82, 2.24) is 14.8 Å². The van der Waals surface area contributed by atoms with E-state index in [4.69, 9.17) is 9.68 Å². The van der Waals surface area contributed by atoms with Crippen LogP contribution in [0.2, 0.25) is 0 Å². The van der Waals surface area contributed by atoms with Crippen LogP contribution in [-0.4, -0.2) is 14.8 Å². The molecular formula is C9H6N4O2. The lowest BCUT2D eigenvalue weighted by Gasteiger charge is -2.00. The topological polar surface area (TPSA) is 84.7 Å². The molecule has 2 aromatic heterocycles. The second-order valence-corrected chi connectivity index (χ2v) is 2.79. The number of aromatic nitrogens is 3. The van der Waals surface area contributed by atoms with E-state index in [1.165, 1.54) is 23.2 Å². The monoisotopic (exact) mass is 202 g/mol. The number of pyridine rings is 1. The molecule has 74 valence electrons. The van der Waals surface area contributed by atoms with E-state index in [0.717, 1.165) is 0 Å². The molecule has 15 heavy (non-hydrogen) atoms. The Labute approximate surface area is 84.4 Å². The summed E-state index contributed by atoms with van der Waals surface area (Å²) in [6, 6.07) is 4.82. The van der Waals surface area contributed by atoms with E-state index in [1.807, 2.05) is 6.07 Å². The molecule has 0 saturated heterocycles. The van der Waals surface area contributed by atoms with Crippen molar-refractivity contribution >= 4 is 0 Å². The molecule has 2 aromatic rings. The fourth-order valence-electron chi connectivity index (χ4n) is 1.16. The van der Waals surface area contributed by atoms with Gasteiger partial charge in [0.15, 0.2) is 0 Å². The van der Waals surface area contributed by atoms with Crippen molar-refractivity contribution in [2.45, 2.75) is 6.54 Å². The molecule has 0 aliphatic heterocycles. The first kappa shape index (κ1) is 9.15. The summed E-state index contributed by atoms with van der Waals surface area (Å²) in [6.07, 6.45) is 2.72. The quantitative estimate of drug-likeness (QED) is 0.704.